The SMILES string of the molecule is Cc1ccn(-c2cc(Cc3cccc(Cc4ccccc4)c3)ccn2)n1. The third kappa shape index (κ3) is 3.89. The maximum Gasteiger partial charge on any atom is 0.153 e. The molecule has 2 aromatic carbocycles. The molecule has 0 fully saturated rings. The van der Waals surface area contributed by atoms with E-state index in [0.717, 1.165) is 24.4 Å². The maximum absolute atomic E-state index is 4.44. The van der Waals surface area contributed by atoms with Gasteiger partial charge in [-0.05, 0) is 60.2 Å². The van der Waals surface area contributed by atoms with Gasteiger partial charge in [-0.15, -0.1) is 0 Å². The van der Waals surface area contributed by atoms with Gasteiger partial charge < -0.3 is 0 Å². The van der Waals surface area contributed by atoms with Crippen LogP contribution in [0.4, 0.5) is 0 Å². The van der Waals surface area contributed by atoms with Gasteiger partial charge in [0.25, 0.3) is 0 Å². The third-order valence-electron chi connectivity index (χ3n) is 4.42. The minimum absolute atomic E-state index is 0.857. The van der Waals surface area contributed by atoms with Crippen LogP contribution in [0, 0.1) is 6.92 Å². The summed E-state index contributed by atoms with van der Waals surface area (Å²) < 4.78 is 1.82. The minimum atomic E-state index is 0.857. The van der Waals surface area contributed by atoms with Gasteiger partial charge in [-0.3, -0.25) is 0 Å². The molecule has 0 aliphatic heterocycles. The van der Waals surface area contributed by atoms with Crippen molar-refractivity contribution in [1.82, 2.24) is 14.8 Å². The molecule has 0 aliphatic rings. The highest BCUT2D eigenvalue weighted by Crippen LogP contribution is 2.16. The second-order valence-corrected chi connectivity index (χ2v) is 6.58. The van der Waals surface area contributed by atoms with Crippen LogP contribution in [0.15, 0.2) is 85.2 Å². The van der Waals surface area contributed by atoms with Crippen molar-refractivity contribution >= 4 is 0 Å². The van der Waals surface area contributed by atoms with Gasteiger partial charge in [-0.2, -0.15) is 5.10 Å². The van der Waals surface area contributed by atoms with E-state index in [9.17, 15) is 0 Å². The Morgan fingerprint density at radius 3 is 2.15 bits per heavy atom. The topological polar surface area (TPSA) is 30.7 Å². The molecule has 0 bridgehead atoms. The van der Waals surface area contributed by atoms with E-state index in [1.807, 2.05) is 30.1 Å². The second-order valence-electron chi connectivity index (χ2n) is 6.58. The number of aromatic nitrogens is 3. The molecule has 26 heavy (non-hydrogen) atoms. The van der Waals surface area contributed by atoms with Crippen LogP contribution in [-0.4, -0.2) is 14.8 Å². The van der Waals surface area contributed by atoms with Crippen molar-refractivity contribution in [2.24, 2.45) is 0 Å². The van der Waals surface area contributed by atoms with E-state index in [-0.39, 0.29) is 0 Å². The predicted octanol–water partition coefficient (Wildman–Crippen LogP) is 4.76. The van der Waals surface area contributed by atoms with Gasteiger partial charge in [0, 0.05) is 12.4 Å². The van der Waals surface area contributed by atoms with E-state index in [4.69, 9.17) is 0 Å². The molecule has 0 N–H and O–H groups in total. The lowest BCUT2D eigenvalue weighted by molar-refractivity contribution is 0.829. The first-order valence-electron chi connectivity index (χ1n) is 8.85. The van der Waals surface area contributed by atoms with Crippen molar-refractivity contribution in [3.63, 3.8) is 0 Å². The average molecular weight is 339 g/mol. The molecule has 4 aromatic rings. The Hall–Kier alpha value is -3.20. The summed E-state index contributed by atoms with van der Waals surface area (Å²) in [5.74, 6) is 0.857. The summed E-state index contributed by atoms with van der Waals surface area (Å²) in [5, 5.41) is 4.44. The first kappa shape index (κ1) is 16.3. The fourth-order valence-electron chi connectivity index (χ4n) is 3.16. The number of hydrogen-bond donors (Lipinski definition) is 0. The molecule has 0 radical (unpaired) electrons. The van der Waals surface area contributed by atoms with Crippen LogP contribution in [0.2, 0.25) is 0 Å². The summed E-state index contributed by atoms with van der Waals surface area (Å²) in [6.45, 7) is 1.98. The van der Waals surface area contributed by atoms with Gasteiger partial charge in [-0.1, -0.05) is 54.6 Å². The second kappa shape index (κ2) is 7.36. The van der Waals surface area contributed by atoms with E-state index in [0.29, 0.717) is 0 Å². The largest absolute Gasteiger partial charge is 0.237 e. The number of nitrogens with zero attached hydrogens (tertiary/aromatic N) is 3. The zero-order valence-corrected chi connectivity index (χ0v) is 14.8. The molecule has 2 aromatic heterocycles. The zero-order chi connectivity index (χ0) is 17.8. The zero-order valence-electron chi connectivity index (χ0n) is 14.8. The van der Waals surface area contributed by atoms with Crippen LogP contribution in [0.25, 0.3) is 5.82 Å². The smallest absolute Gasteiger partial charge is 0.153 e. The first-order chi connectivity index (χ1) is 12.8. The molecule has 4 rings (SSSR count). The molecule has 3 nitrogen and oxygen atoms in total. The molecule has 0 saturated heterocycles. The highest BCUT2D eigenvalue weighted by Gasteiger charge is 2.04. The Bertz CT molecular complexity index is 1000. The first-order valence-corrected chi connectivity index (χ1v) is 8.85. The molecule has 0 atom stereocenters. The Kier molecular flexibility index (Phi) is 4.61. The monoisotopic (exact) mass is 339 g/mol. The summed E-state index contributed by atoms with van der Waals surface area (Å²) in [6, 6.07) is 25.6. The van der Waals surface area contributed by atoms with E-state index in [1.54, 1.807) is 0 Å². The Balaban J connectivity index is 1.53. The van der Waals surface area contributed by atoms with Gasteiger partial charge in [-0.25, -0.2) is 9.67 Å². The molecular formula is C23H21N3. The Morgan fingerprint density at radius 1 is 0.731 bits per heavy atom. The molecule has 0 amide bonds. The quantitative estimate of drug-likeness (QED) is 0.525. The van der Waals surface area contributed by atoms with Crippen LogP contribution >= 0.6 is 0 Å². The molecule has 128 valence electrons. The molecule has 0 unspecified atom stereocenters. The lowest BCUT2D eigenvalue weighted by Crippen LogP contribution is -2.00. The number of pyridine rings is 1. The van der Waals surface area contributed by atoms with Gasteiger partial charge >= 0.3 is 0 Å². The van der Waals surface area contributed by atoms with Gasteiger partial charge in [0.05, 0.1) is 5.69 Å². The Labute approximate surface area is 154 Å². The van der Waals surface area contributed by atoms with Gasteiger partial charge in [0.2, 0.25) is 0 Å². The normalized spacial score (nSPS) is 10.8. The molecule has 0 saturated carbocycles. The summed E-state index contributed by atoms with van der Waals surface area (Å²) in [6.07, 6.45) is 5.65. The van der Waals surface area contributed by atoms with E-state index < -0.39 is 0 Å². The summed E-state index contributed by atoms with van der Waals surface area (Å²) >= 11 is 0. The molecule has 0 spiro atoms. The lowest BCUT2D eigenvalue weighted by atomic mass is 9.99. The van der Waals surface area contributed by atoms with Crippen molar-refractivity contribution < 1.29 is 0 Å². The van der Waals surface area contributed by atoms with Crippen molar-refractivity contribution in [1.29, 1.82) is 0 Å². The molecular weight excluding hydrogens is 318 g/mol. The highest BCUT2D eigenvalue weighted by molar-refractivity contribution is 5.35. The molecule has 0 aliphatic carbocycles. The van der Waals surface area contributed by atoms with Gasteiger partial charge in [0.15, 0.2) is 5.82 Å². The van der Waals surface area contributed by atoms with Crippen LogP contribution in [0.1, 0.15) is 27.9 Å². The number of benzene rings is 2. The molecule has 3 heteroatoms. The lowest BCUT2D eigenvalue weighted by Gasteiger charge is -2.08. The van der Waals surface area contributed by atoms with Crippen LogP contribution in [0.3, 0.4) is 0 Å². The third-order valence-corrected chi connectivity index (χ3v) is 4.42. The average Bonchev–Trinajstić information content (AvgIpc) is 3.10. The summed E-state index contributed by atoms with van der Waals surface area (Å²) in [7, 11) is 0. The number of aryl methyl sites for hydroxylation is 1. The number of hydrogen-bond acceptors (Lipinski definition) is 2. The van der Waals surface area contributed by atoms with Crippen molar-refractivity contribution in [3.8, 4) is 5.82 Å². The van der Waals surface area contributed by atoms with Crippen molar-refractivity contribution in [3.05, 3.63) is 113 Å². The number of rotatable bonds is 5. The minimum Gasteiger partial charge on any atom is -0.237 e. The van der Waals surface area contributed by atoms with Crippen LogP contribution < -0.4 is 0 Å². The highest BCUT2D eigenvalue weighted by atomic mass is 15.3. The van der Waals surface area contributed by atoms with E-state index in [2.05, 4.69) is 76.8 Å². The fraction of sp³-hybridized carbons (Fsp3) is 0.130. The maximum atomic E-state index is 4.44. The van der Waals surface area contributed by atoms with E-state index >= 15 is 0 Å². The standard InChI is InChI=1S/C23H21N3/c1-18-11-13-26(25-18)23-17-22(10-12-24-23)16-21-9-5-8-20(15-21)14-19-6-3-2-4-7-19/h2-13,15,17H,14,16H2,1H3. The predicted molar refractivity (Wildman–Crippen MR) is 105 cm³/mol. The fourth-order valence-corrected chi connectivity index (χ4v) is 3.16. The van der Waals surface area contributed by atoms with Crippen LogP contribution in [0.5, 0.6) is 0 Å². The van der Waals surface area contributed by atoms with Crippen molar-refractivity contribution in [2.75, 3.05) is 0 Å². The van der Waals surface area contributed by atoms with Crippen molar-refractivity contribution in [2.45, 2.75) is 19.8 Å². The summed E-state index contributed by atoms with van der Waals surface area (Å²) in [5.41, 5.74) is 6.22. The van der Waals surface area contributed by atoms with Gasteiger partial charge in [0.1, 0.15) is 0 Å². The Morgan fingerprint density at radius 2 is 1.42 bits per heavy atom. The summed E-state index contributed by atoms with van der Waals surface area (Å²) in [4.78, 5) is 4.44. The molecule has 2 heterocycles. The van der Waals surface area contributed by atoms with Crippen LogP contribution in [-0.2, 0) is 12.8 Å². The van der Waals surface area contributed by atoms with E-state index in [1.165, 1.54) is 22.3 Å².